The molecule has 0 aromatic heterocycles. The molecule has 0 N–H and O–H groups in total. The van der Waals surface area contributed by atoms with Crippen molar-refractivity contribution in [3.05, 3.63) is 22.4 Å². The summed E-state index contributed by atoms with van der Waals surface area (Å²) in [4.78, 5) is 0. The maximum atomic E-state index is 13.1. The Bertz CT molecular complexity index is 344. The average molecular weight is 285 g/mol. The predicted octanol–water partition coefficient (Wildman–Crippen LogP) is 3.24. The van der Waals surface area contributed by atoms with Gasteiger partial charge >= 0.3 is 0 Å². The van der Waals surface area contributed by atoms with Gasteiger partial charge in [0.05, 0.1) is 11.6 Å². The third-order valence-electron chi connectivity index (χ3n) is 1.57. The summed E-state index contributed by atoms with van der Waals surface area (Å²) in [7, 11) is 1.34. The molecule has 0 atom stereocenters. The largest absolute Gasteiger partial charge is 0.493 e. The highest BCUT2D eigenvalue weighted by Crippen LogP contribution is 2.32. The fourth-order valence-electron chi connectivity index (χ4n) is 0.935. The van der Waals surface area contributed by atoms with Gasteiger partial charge in [-0.25, -0.2) is 13.2 Å². The summed E-state index contributed by atoms with van der Waals surface area (Å²) < 4.78 is 46.5. The van der Waals surface area contributed by atoms with E-state index in [0.717, 1.165) is 6.07 Å². The van der Waals surface area contributed by atoms with E-state index in [1.165, 1.54) is 13.2 Å². The summed E-state index contributed by atoms with van der Waals surface area (Å²) in [6.45, 7) is -0.794. The van der Waals surface area contributed by atoms with Gasteiger partial charge in [-0.2, -0.15) is 0 Å². The molecule has 6 heteroatoms. The summed E-state index contributed by atoms with van der Waals surface area (Å²) in [6, 6.07) is 2.31. The van der Waals surface area contributed by atoms with E-state index in [4.69, 9.17) is 4.74 Å². The number of benzene rings is 1. The zero-order valence-electron chi connectivity index (χ0n) is 7.77. The topological polar surface area (TPSA) is 18.5 Å². The van der Waals surface area contributed by atoms with Crippen LogP contribution in [0, 0.1) is 5.82 Å². The number of hydrogen-bond acceptors (Lipinski definition) is 2. The second-order valence-electron chi connectivity index (χ2n) is 2.62. The van der Waals surface area contributed by atoms with Crippen LogP contribution in [0.15, 0.2) is 16.6 Å². The van der Waals surface area contributed by atoms with E-state index in [1.807, 2.05) is 0 Å². The third kappa shape index (κ3) is 3.30. The van der Waals surface area contributed by atoms with E-state index in [2.05, 4.69) is 20.7 Å². The van der Waals surface area contributed by atoms with Gasteiger partial charge in [0.1, 0.15) is 12.4 Å². The van der Waals surface area contributed by atoms with Crippen LogP contribution in [-0.4, -0.2) is 20.1 Å². The van der Waals surface area contributed by atoms with Crippen molar-refractivity contribution >= 4 is 15.9 Å². The minimum atomic E-state index is -2.61. The zero-order chi connectivity index (χ0) is 11.4. The summed E-state index contributed by atoms with van der Waals surface area (Å²) in [6.07, 6.45) is -2.61. The quantitative estimate of drug-likeness (QED) is 0.845. The number of ether oxygens (including phenoxy) is 2. The SMILES string of the molecule is COc1cc(Br)c(F)cc1OCC(F)F. The number of rotatable bonds is 4. The first-order valence-corrected chi connectivity index (χ1v) is 4.78. The highest BCUT2D eigenvalue weighted by molar-refractivity contribution is 9.10. The molecule has 15 heavy (non-hydrogen) atoms. The molecule has 0 aliphatic carbocycles. The van der Waals surface area contributed by atoms with Crippen molar-refractivity contribution < 1.29 is 22.6 Å². The van der Waals surface area contributed by atoms with Crippen LogP contribution in [-0.2, 0) is 0 Å². The van der Waals surface area contributed by atoms with E-state index < -0.39 is 18.8 Å². The third-order valence-corrected chi connectivity index (χ3v) is 2.18. The summed E-state index contributed by atoms with van der Waals surface area (Å²) in [5, 5.41) is 0. The first kappa shape index (κ1) is 12.2. The number of alkyl halides is 2. The lowest BCUT2D eigenvalue weighted by atomic mass is 10.3. The number of methoxy groups -OCH3 is 1. The van der Waals surface area contributed by atoms with Crippen molar-refractivity contribution in [3.8, 4) is 11.5 Å². The van der Waals surface area contributed by atoms with Crippen molar-refractivity contribution in [3.63, 3.8) is 0 Å². The molecule has 2 nitrogen and oxygen atoms in total. The average Bonchev–Trinajstić information content (AvgIpc) is 2.19. The minimum absolute atomic E-state index is 0.0431. The highest BCUT2D eigenvalue weighted by atomic mass is 79.9. The Morgan fingerprint density at radius 3 is 2.53 bits per heavy atom. The maximum Gasteiger partial charge on any atom is 0.272 e. The Labute approximate surface area is 93.1 Å². The normalized spacial score (nSPS) is 10.5. The summed E-state index contributed by atoms with van der Waals surface area (Å²) in [5.74, 6) is -0.442. The minimum Gasteiger partial charge on any atom is -0.493 e. The van der Waals surface area contributed by atoms with Gasteiger partial charge < -0.3 is 9.47 Å². The Morgan fingerprint density at radius 1 is 1.33 bits per heavy atom. The molecule has 0 fully saturated rings. The van der Waals surface area contributed by atoms with Gasteiger partial charge in [0.2, 0.25) is 0 Å². The van der Waals surface area contributed by atoms with Gasteiger partial charge in [-0.3, -0.25) is 0 Å². The molecular formula is C9H8BrF3O2. The number of hydrogen-bond donors (Lipinski definition) is 0. The molecule has 0 amide bonds. The van der Waals surface area contributed by atoms with Crippen LogP contribution in [0.4, 0.5) is 13.2 Å². The first-order valence-electron chi connectivity index (χ1n) is 3.98. The monoisotopic (exact) mass is 284 g/mol. The molecule has 1 aromatic carbocycles. The van der Waals surface area contributed by atoms with Gasteiger partial charge in [0, 0.05) is 12.1 Å². The van der Waals surface area contributed by atoms with E-state index in [9.17, 15) is 13.2 Å². The van der Waals surface area contributed by atoms with Gasteiger partial charge in [0.15, 0.2) is 11.5 Å². The van der Waals surface area contributed by atoms with E-state index in [1.54, 1.807) is 0 Å². The second-order valence-corrected chi connectivity index (χ2v) is 3.47. The first-order chi connectivity index (χ1) is 7.04. The summed E-state index contributed by atoms with van der Waals surface area (Å²) in [5.41, 5.74) is 0. The van der Waals surface area contributed by atoms with Crippen LogP contribution in [0.3, 0.4) is 0 Å². The molecule has 0 radical (unpaired) electrons. The molecule has 0 spiro atoms. The van der Waals surface area contributed by atoms with E-state index in [0.29, 0.717) is 0 Å². The molecule has 0 saturated heterocycles. The van der Waals surface area contributed by atoms with Crippen LogP contribution in [0.2, 0.25) is 0 Å². The standard InChI is InChI=1S/C9H8BrF3O2/c1-14-7-2-5(10)6(11)3-8(7)15-4-9(12)13/h2-3,9H,4H2,1H3. The molecule has 0 aliphatic heterocycles. The smallest absolute Gasteiger partial charge is 0.272 e. The molecule has 0 heterocycles. The molecule has 0 saturated carbocycles. The van der Waals surface area contributed by atoms with Gasteiger partial charge in [0.25, 0.3) is 6.43 Å². The highest BCUT2D eigenvalue weighted by Gasteiger charge is 2.12. The Balaban J connectivity index is 2.89. The van der Waals surface area contributed by atoms with Crippen LogP contribution in [0.25, 0.3) is 0 Å². The molecule has 84 valence electrons. The van der Waals surface area contributed by atoms with Gasteiger partial charge in [-0.05, 0) is 15.9 Å². The molecule has 1 rings (SSSR count). The Morgan fingerprint density at radius 2 is 2.00 bits per heavy atom. The lowest BCUT2D eigenvalue weighted by Gasteiger charge is -2.10. The van der Waals surface area contributed by atoms with Crippen molar-refractivity contribution in [2.24, 2.45) is 0 Å². The van der Waals surface area contributed by atoms with Crippen LogP contribution in [0.5, 0.6) is 11.5 Å². The molecule has 1 aromatic rings. The fraction of sp³-hybridized carbons (Fsp3) is 0.333. The molecule has 0 bridgehead atoms. The zero-order valence-corrected chi connectivity index (χ0v) is 9.35. The predicted molar refractivity (Wildman–Crippen MR) is 52.2 cm³/mol. The van der Waals surface area contributed by atoms with Crippen LogP contribution >= 0.6 is 15.9 Å². The van der Waals surface area contributed by atoms with Gasteiger partial charge in [-0.15, -0.1) is 0 Å². The van der Waals surface area contributed by atoms with Crippen LogP contribution < -0.4 is 9.47 Å². The second kappa shape index (κ2) is 5.25. The Hall–Kier alpha value is -0.910. The van der Waals surface area contributed by atoms with Gasteiger partial charge in [-0.1, -0.05) is 0 Å². The Kier molecular flexibility index (Phi) is 4.26. The van der Waals surface area contributed by atoms with Crippen molar-refractivity contribution in [1.29, 1.82) is 0 Å². The maximum absolute atomic E-state index is 13.1. The summed E-state index contributed by atoms with van der Waals surface area (Å²) >= 11 is 2.94. The molecular weight excluding hydrogens is 277 g/mol. The van der Waals surface area contributed by atoms with Crippen LogP contribution in [0.1, 0.15) is 0 Å². The van der Waals surface area contributed by atoms with Crippen molar-refractivity contribution in [2.75, 3.05) is 13.7 Å². The number of halogens is 4. The lowest BCUT2D eigenvalue weighted by molar-refractivity contribution is 0.0802. The van der Waals surface area contributed by atoms with Crippen molar-refractivity contribution in [1.82, 2.24) is 0 Å². The van der Waals surface area contributed by atoms with E-state index >= 15 is 0 Å². The molecule has 0 unspecified atom stereocenters. The van der Waals surface area contributed by atoms with Crippen molar-refractivity contribution in [2.45, 2.75) is 6.43 Å². The van der Waals surface area contributed by atoms with E-state index in [-0.39, 0.29) is 16.0 Å². The molecule has 0 aliphatic rings. The lowest BCUT2D eigenvalue weighted by Crippen LogP contribution is -2.08. The fourth-order valence-corrected chi connectivity index (χ4v) is 1.26.